The fraction of sp³-hybridized carbons (Fsp3) is 0.0476. The normalized spacial score (nSPS) is 10.8. The standard InChI is InChI=1S/C21H14O6/c22-17-10-21(13-4-2-1-3-5-13)27-20-7-6-14(8-16(17)20)25-11-15-9-18(23)19(24)12-26-15/h1-10,12,24H,11H2. The van der Waals surface area contributed by atoms with Gasteiger partial charge in [0.1, 0.15) is 35.7 Å². The highest BCUT2D eigenvalue weighted by Gasteiger charge is 2.09. The zero-order valence-electron chi connectivity index (χ0n) is 14.0. The molecule has 0 unspecified atom stereocenters. The molecule has 0 amide bonds. The third-order valence-corrected chi connectivity index (χ3v) is 4.00. The zero-order valence-corrected chi connectivity index (χ0v) is 14.0. The highest BCUT2D eigenvalue weighted by molar-refractivity contribution is 5.80. The lowest BCUT2D eigenvalue weighted by Gasteiger charge is -2.07. The van der Waals surface area contributed by atoms with E-state index in [0.717, 1.165) is 17.9 Å². The summed E-state index contributed by atoms with van der Waals surface area (Å²) >= 11 is 0. The van der Waals surface area contributed by atoms with Crippen LogP contribution in [0.25, 0.3) is 22.3 Å². The van der Waals surface area contributed by atoms with E-state index in [1.165, 1.54) is 6.07 Å². The Labute approximate surface area is 152 Å². The Morgan fingerprint density at radius 3 is 2.52 bits per heavy atom. The van der Waals surface area contributed by atoms with E-state index in [9.17, 15) is 14.7 Å². The minimum absolute atomic E-state index is 0.0194. The molecule has 2 aromatic heterocycles. The minimum atomic E-state index is -0.549. The molecule has 0 aliphatic rings. The van der Waals surface area contributed by atoms with Crippen molar-refractivity contribution in [1.82, 2.24) is 0 Å². The maximum atomic E-state index is 12.5. The van der Waals surface area contributed by atoms with Crippen molar-refractivity contribution in [3.63, 3.8) is 0 Å². The summed E-state index contributed by atoms with van der Waals surface area (Å²) in [5.41, 5.74) is 0.535. The highest BCUT2D eigenvalue weighted by Crippen LogP contribution is 2.25. The molecule has 4 rings (SSSR count). The summed E-state index contributed by atoms with van der Waals surface area (Å²) in [6.45, 7) is -0.0194. The summed E-state index contributed by atoms with van der Waals surface area (Å²) in [6, 6.07) is 16.9. The van der Waals surface area contributed by atoms with Crippen LogP contribution in [0.3, 0.4) is 0 Å². The molecule has 0 saturated heterocycles. The third kappa shape index (κ3) is 3.46. The van der Waals surface area contributed by atoms with Gasteiger partial charge in [0, 0.05) is 17.7 Å². The van der Waals surface area contributed by atoms with Crippen molar-refractivity contribution in [2.45, 2.75) is 6.61 Å². The Morgan fingerprint density at radius 2 is 1.74 bits per heavy atom. The van der Waals surface area contributed by atoms with Gasteiger partial charge in [0.15, 0.2) is 11.2 Å². The molecule has 1 N–H and O–H groups in total. The van der Waals surface area contributed by atoms with E-state index in [4.69, 9.17) is 13.6 Å². The van der Waals surface area contributed by atoms with Crippen LogP contribution in [0.4, 0.5) is 0 Å². The molecule has 6 heteroatoms. The molecule has 0 bridgehead atoms. The molecule has 0 fully saturated rings. The topological polar surface area (TPSA) is 89.9 Å². The Morgan fingerprint density at radius 1 is 0.926 bits per heavy atom. The van der Waals surface area contributed by atoms with Gasteiger partial charge < -0.3 is 18.7 Å². The molecular weight excluding hydrogens is 348 g/mol. The Kier molecular flexibility index (Phi) is 4.22. The number of benzene rings is 2. The van der Waals surface area contributed by atoms with Crippen molar-refractivity contribution >= 4 is 11.0 Å². The lowest BCUT2D eigenvalue weighted by Crippen LogP contribution is -2.04. The fourth-order valence-electron chi connectivity index (χ4n) is 2.64. The fourth-order valence-corrected chi connectivity index (χ4v) is 2.64. The van der Waals surface area contributed by atoms with Gasteiger partial charge in [0.05, 0.1) is 5.39 Å². The molecule has 0 atom stereocenters. The molecule has 6 nitrogen and oxygen atoms in total. The first-order chi connectivity index (χ1) is 13.1. The smallest absolute Gasteiger partial charge is 0.226 e. The summed E-state index contributed by atoms with van der Waals surface area (Å²) < 4.78 is 16.5. The van der Waals surface area contributed by atoms with Crippen LogP contribution in [-0.4, -0.2) is 5.11 Å². The molecule has 0 radical (unpaired) electrons. The number of fused-ring (bicyclic) bond motifs is 1. The molecule has 0 aliphatic heterocycles. The van der Waals surface area contributed by atoms with Gasteiger partial charge in [-0.05, 0) is 18.2 Å². The van der Waals surface area contributed by atoms with Crippen LogP contribution in [0.2, 0.25) is 0 Å². The molecule has 0 spiro atoms. The van der Waals surface area contributed by atoms with Crippen molar-refractivity contribution in [2.75, 3.05) is 0 Å². The van der Waals surface area contributed by atoms with Crippen LogP contribution >= 0.6 is 0 Å². The summed E-state index contributed by atoms with van der Waals surface area (Å²) in [7, 11) is 0. The van der Waals surface area contributed by atoms with Gasteiger partial charge >= 0.3 is 0 Å². The molecular formula is C21H14O6. The largest absolute Gasteiger partial charge is 0.502 e. The Hall–Kier alpha value is -3.80. The SMILES string of the molecule is O=c1cc(COc2ccc3oc(-c4ccccc4)cc(=O)c3c2)occ1O. The number of ether oxygens (including phenoxy) is 1. The number of rotatable bonds is 4. The Bertz CT molecular complexity index is 1220. The first-order valence-electron chi connectivity index (χ1n) is 8.17. The molecule has 2 aromatic carbocycles. The summed E-state index contributed by atoms with van der Waals surface area (Å²) in [5, 5.41) is 9.58. The second-order valence-corrected chi connectivity index (χ2v) is 5.88. The van der Waals surface area contributed by atoms with Crippen LogP contribution in [0.1, 0.15) is 5.76 Å². The molecule has 0 aliphatic carbocycles. The minimum Gasteiger partial charge on any atom is -0.502 e. The van der Waals surface area contributed by atoms with E-state index in [1.807, 2.05) is 30.3 Å². The molecule has 0 saturated carbocycles. The lowest BCUT2D eigenvalue weighted by molar-refractivity contribution is 0.263. The number of aromatic hydroxyl groups is 1. The van der Waals surface area contributed by atoms with Gasteiger partial charge in [0.2, 0.25) is 5.43 Å². The predicted octanol–water partition coefficient (Wildman–Crippen LogP) is 3.70. The molecule has 4 aromatic rings. The van der Waals surface area contributed by atoms with Crippen LogP contribution in [0.5, 0.6) is 11.5 Å². The monoisotopic (exact) mass is 362 g/mol. The van der Waals surface area contributed by atoms with E-state index < -0.39 is 11.2 Å². The van der Waals surface area contributed by atoms with Crippen molar-refractivity contribution in [3.05, 3.63) is 93.1 Å². The van der Waals surface area contributed by atoms with Gasteiger partial charge in [-0.1, -0.05) is 30.3 Å². The maximum Gasteiger partial charge on any atom is 0.226 e. The Balaban J connectivity index is 1.62. The van der Waals surface area contributed by atoms with Gasteiger partial charge in [-0.2, -0.15) is 0 Å². The number of hydrogen-bond donors (Lipinski definition) is 1. The van der Waals surface area contributed by atoms with Gasteiger partial charge in [0.25, 0.3) is 0 Å². The van der Waals surface area contributed by atoms with Gasteiger partial charge in [-0.25, -0.2) is 0 Å². The lowest BCUT2D eigenvalue weighted by atomic mass is 10.1. The van der Waals surface area contributed by atoms with Crippen LogP contribution < -0.4 is 15.6 Å². The second-order valence-electron chi connectivity index (χ2n) is 5.88. The van der Waals surface area contributed by atoms with Crippen LogP contribution in [0, 0.1) is 0 Å². The van der Waals surface area contributed by atoms with Crippen LogP contribution in [0.15, 0.2) is 85.4 Å². The average molecular weight is 362 g/mol. The second kappa shape index (κ2) is 6.84. The van der Waals surface area contributed by atoms with Crippen molar-refractivity contribution in [1.29, 1.82) is 0 Å². The number of hydrogen-bond acceptors (Lipinski definition) is 6. The van der Waals surface area contributed by atoms with E-state index in [2.05, 4.69) is 0 Å². The van der Waals surface area contributed by atoms with Gasteiger partial charge in [-0.15, -0.1) is 0 Å². The molecule has 27 heavy (non-hydrogen) atoms. The van der Waals surface area contributed by atoms with Crippen LogP contribution in [-0.2, 0) is 6.61 Å². The molecule has 134 valence electrons. The third-order valence-electron chi connectivity index (χ3n) is 4.00. The summed E-state index contributed by atoms with van der Waals surface area (Å²) in [5.74, 6) is 0.714. The highest BCUT2D eigenvalue weighted by atomic mass is 16.5. The summed E-state index contributed by atoms with van der Waals surface area (Å²) in [6.07, 6.45) is 0.959. The van der Waals surface area contributed by atoms with Gasteiger partial charge in [-0.3, -0.25) is 9.59 Å². The zero-order chi connectivity index (χ0) is 18.8. The maximum absolute atomic E-state index is 12.5. The first kappa shape index (κ1) is 16.7. The van der Waals surface area contributed by atoms with Crippen molar-refractivity contribution < 1.29 is 18.7 Å². The van der Waals surface area contributed by atoms with E-state index in [0.29, 0.717) is 22.5 Å². The quantitative estimate of drug-likeness (QED) is 0.595. The van der Waals surface area contributed by atoms with Crippen molar-refractivity contribution in [3.8, 4) is 22.8 Å². The summed E-state index contributed by atoms with van der Waals surface area (Å²) in [4.78, 5) is 23.9. The first-order valence-corrected chi connectivity index (χ1v) is 8.17. The van der Waals surface area contributed by atoms with E-state index in [1.54, 1.807) is 18.2 Å². The predicted molar refractivity (Wildman–Crippen MR) is 98.9 cm³/mol. The average Bonchev–Trinajstić information content (AvgIpc) is 2.69. The molecule has 2 heterocycles. The van der Waals surface area contributed by atoms with Crippen molar-refractivity contribution in [2.24, 2.45) is 0 Å². The van der Waals surface area contributed by atoms with E-state index >= 15 is 0 Å². The van der Waals surface area contributed by atoms with E-state index in [-0.39, 0.29) is 17.8 Å².